The van der Waals surface area contributed by atoms with Crippen LogP contribution in [0, 0.1) is 0 Å². The molecule has 0 amide bonds. The predicted octanol–water partition coefficient (Wildman–Crippen LogP) is 2.42. The van der Waals surface area contributed by atoms with Crippen LogP contribution in [0.25, 0.3) is 0 Å². The summed E-state index contributed by atoms with van der Waals surface area (Å²) in [6, 6.07) is 6.85. The molecule has 1 aliphatic carbocycles. The maximum atomic E-state index is 5.87. The summed E-state index contributed by atoms with van der Waals surface area (Å²) in [6.07, 6.45) is 5.18. The maximum absolute atomic E-state index is 5.87. The number of benzene rings is 1. The highest BCUT2D eigenvalue weighted by Crippen LogP contribution is 2.32. The number of hydrogen-bond acceptors (Lipinski definition) is 5. The van der Waals surface area contributed by atoms with Crippen LogP contribution >= 0.6 is 0 Å². The van der Waals surface area contributed by atoms with Gasteiger partial charge in [-0.25, -0.2) is 4.99 Å². The molecule has 3 rings (SSSR count). The molecule has 0 spiro atoms. The van der Waals surface area contributed by atoms with Crippen LogP contribution < -0.4 is 21.1 Å². The first-order valence-corrected chi connectivity index (χ1v) is 8.28. The number of rotatable bonds is 7. The van der Waals surface area contributed by atoms with Gasteiger partial charge in [-0.05, 0) is 43.9 Å². The molecule has 120 valence electrons. The van der Waals surface area contributed by atoms with Gasteiger partial charge in [0.25, 0.3) is 0 Å². The van der Waals surface area contributed by atoms with Gasteiger partial charge in [0.15, 0.2) is 6.10 Å². The maximum Gasteiger partial charge on any atom is 0.153 e. The number of nitrogens with one attached hydrogen (secondary N) is 2. The Balaban J connectivity index is 1.62. The molecule has 5 nitrogen and oxygen atoms in total. The van der Waals surface area contributed by atoms with Gasteiger partial charge in [-0.3, -0.25) is 10.6 Å². The highest BCUT2D eigenvalue weighted by atomic mass is 16.5. The van der Waals surface area contributed by atoms with E-state index in [-0.39, 0.29) is 6.10 Å². The highest BCUT2D eigenvalue weighted by molar-refractivity contribution is 5.89. The minimum absolute atomic E-state index is 0.145. The molecule has 0 radical (unpaired) electrons. The van der Waals surface area contributed by atoms with E-state index < -0.39 is 0 Å². The average Bonchev–Trinajstić information content (AvgIpc) is 3.30. The second-order valence-electron chi connectivity index (χ2n) is 6.26. The van der Waals surface area contributed by atoms with Crippen molar-refractivity contribution < 1.29 is 4.74 Å². The first-order chi connectivity index (χ1) is 10.7. The Kier molecular flexibility index (Phi) is 4.64. The van der Waals surface area contributed by atoms with Gasteiger partial charge in [-0.1, -0.05) is 19.4 Å². The van der Waals surface area contributed by atoms with Crippen molar-refractivity contribution in [1.29, 1.82) is 0 Å². The Hall–Kier alpha value is -1.59. The van der Waals surface area contributed by atoms with Crippen LogP contribution in [0.2, 0.25) is 0 Å². The van der Waals surface area contributed by atoms with Gasteiger partial charge in [0.2, 0.25) is 0 Å². The monoisotopic (exact) mass is 302 g/mol. The summed E-state index contributed by atoms with van der Waals surface area (Å²) in [5, 5.41) is 7.26. The van der Waals surface area contributed by atoms with Gasteiger partial charge in [0, 0.05) is 12.6 Å². The quantitative estimate of drug-likeness (QED) is 0.676. The molecule has 1 heterocycles. The van der Waals surface area contributed by atoms with Crippen molar-refractivity contribution in [3.63, 3.8) is 0 Å². The SMILES string of the molecule is CCCC(NCc1ccc2c(c1)N=C(N)C(C)O2)NC1CC1. The van der Waals surface area contributed by atoms with E-state index >= 15 is 0 Å². The van der Waals surface area contributed by atoms with Gasteiger partial charge >= 0.3 is 0 Å². The van der Waals surface area contributed by atoms with Crippen molar-refractivity contribution in [3.05, 3.63) is 23.8 Å². The number of fused-ring (bicyclic) bond motifs is 1. The molecular weight excluding hydrogens is 276 g/mol. The first kappa shape index (κ1) is 15.3. The van der Waals surface area contributed by atoms with Crippen molar-refractivity contribution in [2.75, 3.05) is 0 Å². The molecular formula is C17H26N4O. The van der Waals surface area contributed by atoms with E-state index in [0.29, 0.717) is 18.0 Å². The van der Waals surface area contributed by atoms with Crippen LogP contribution in [-0.4, -0.2) is 24.1 Å². The molecule has 1 aromatic rings. The third-order valence-electron chi connectivity index (χ3n) is 4.14. The van der Waals surface area contributed by atoms with E-state index in [4.69, 9.17) is 10.5 Å². The first-order valence-electron chi connectivity index (χ1n) is 8.28. The fraction of sp³-hybridized carbons (Fsp3) is 0.588. The van der Waals surface area contributed by atoms with Crippen molar-refractivity contribution in [2.45, 2.75) is 64.4 Å². The zero-order valence-electron chi connectivity index (χ0n) is 13.4. The summed E-state index contributed by atoms with van der Waals surface area (Å²) in [5.41, 5.74) is 7.90. The number of ether oxygens (including phenoxy) is 1. The van der Waals surface area contributed by atoms with Crippen molar-refractivity contribution >= 4 is 11.5 Å². The largest absolute Gasteiger partial charge is 0.481 e. The van der Waals surface area contributed by atoms with Gasteiger partial charge < -0.3 is 10.5 Å². The summed E-state index contributed by atoms with van der Waals surface area (Å²) < 4.78 is 5.74. The second-order valence-corrected chi connectivity index (χ2v) is 6.26. The molecule has 0 saturated heterocycles. The third-order valence-corrected chi connectivity index (χ3v) is 4.14. The van der Waals surface area contributed by atoms with Gasteiger partial charge in [-0.15, -0.1) is 0 Å². The number of aliphatic imine (C=N–C) groups is 1. The number of hydrogen-bond donors (Lipinski definition) is 3. The molecule has 1 saturated carbocycles. The van der Waals surface area contributed by atoms with Crippen LogP contribution in [0.1, 0.15) is 45.1 Å². The topological polar surface area (TPSA) is 71.7 Å². The Morgan fingerprint density at radius 3 is 2.95 bits per heavy atom. The molecule has 2 aliphatic rings. The summed E-state index contributed by atoms with van der Waals surface area (Å²) in [7, 11) is 0. The minimum Gasteiger partial charge on any atom is -0.481 e. The van der Waals surface area contributed by atoms with Gasteiger partial charge in [0.1, 0.15) is 17.3 Å². The van der Waals surface area contributed by atoms with Crippen LogP contribution in [0.15, 0.2) is 23.2 Å². The van der Waals surface area contributed by atoms with Gasteiger partial charge in [-0.2, -0.15) is 0 Å². The summed E-state index contributed by atoms with van der Waals surface area (Å²) in [6.45, 7) is 4.96. The second kappa shape index (κ2) is 6.67. The predicted molar refractivity (Wildman–Crippen MR) is 89.5 cm³/mol. The van der Waals surface area contributed by atoms with Crippen molar-refractivity contribution in [1.82, 2.24) is 10.6 Å². The van der Waals surface area contributed by atoms with Crippen LogP contribution in [0.3, 0.4) is 0 Å². The Labute approximate surface area is 132 Å². The molecule has 0 aromatic heterocycles. The Morgan fingerprint density at radius 1 is 1.41 bits per heavy atom. The molecule has 2 unspecified atom stereocenters. The van der Waals surface area contributed by atoms with E-state index in [1.807, 2.05) is 13.0 Å². The molecule has 4 N–H and O–H groups in total. The number of amidine groups is 1. The van der Waals surface area contributed by atoms with Crippen LogP contribution in [-0.2, 0) is 6.54 Å². The fourth-order valence-electron chi connectivity index (χ4n) is 2.65. The summed E-state index contributed by atoms with van der Waals surface area (Å²) in [4.78, 5) is 4.44. The molecule has 22 heavy (non-hydrogen) atoms. The smallest absolute Gasteiger partial charge is 0.153 e. The normalized spacial score (nSPS) is 21.7. The van der Waals surface area contributed by atoms with Crippen LogP contribution in [0.4, 0.5) is 5.69 Å². The fourth-order valence-corrected chi connectivity index (χ4v) is 2.65. The third kappa shape index (κ3) is 3.78. The van der Waals surface area contributed by atoms with E-state index in [1.54, 1.807) is 0 Å². The highest BCUT2D eigenvalue weighted by Gasteiger charge is 2.24. The zero-order valence-corrected chi connectivity index (χ0v) is 13.4. The van der Waals surface area contributed by atoms with E-state index in [1.165, 1.54) is 24.8 Å². The lowest BCUT2D eigenvalue weighted by atomic mass is 10.1. The Morgan fingerprint density at radius 2 is 2.23 bits per heavy atom. The number of nitrogens with zero attached hydrogens (tertiary/aromatic N) is 1. The lowest BCUT2D eigenvalue weighted by Crippen LogP contribution is -2.42. The molecule has 0 bridgehead atoms. The zero-order chi connectivity index (χ0) is 15.5. The Bertz CT molecular complexity index is 554. The van der Waals surface area contributed by atoms with E-state index in [9.17, 15) is 0 Å². The molecule has 5 heteroatoms. The van der Waals surface area contributed by atoms with Crippen molar-refractivity contribution in [2.24, 2.45) is 10.7 Å². The minimum atomic E-state index is -0.145. The lowest BCUT2D eigenvalue weighted by Gasteiger charge is -2.22. The summed E-state index contributed by atoms with van der Waals surface area (Å²) in [5.74, 6) is 1.35. The number of nitrogens with two attached hydrogens (primary N) is 1. The van der Waals surface area contributed by atoms with Crippen LogP contribution in [0.5, 0.6) is 5.75 Å². The lowest BCUT2D eigenvalue weighted by molar-refractivity contribution is 0.281. The standard InChI is InChI=1S/C17H26N4O/c1-3-4-16(20-13-6-7-13)19-10-12-5-8-15-14(9-12)21-17(18)11(2)22-15/h5,8-9,11,13,16,19-20H,3-4,6-7,10H2,1-2H3,(H2,18,21). The average molecular weight is 302 g/mol. The molecule has 1 aliphatic heterocycles. The van der Waals surface area contributed by atoms with E-state index in [2.05, 4.69) is 34.7 Å². The van der Waals surface area contributed by atoms with E-state index in [0.717, 1.165) is 24.4 Å². The van der Waals surface area contributed by atoms with Crippen molar-refractivity contribution in [3.8, 4) is 5.75 Å². The van der Waals surface area contributed by atoms with Gasteiger partial charge in [0.05, 0.1) is 6.17 Å². The molecule has 2 atom stereocenters. The molecule has 1 fully saturated rings. The molecule has 1 aromatic carbocycles. The summed E-state index contributed by atoms with van der Waals surface area (Å²) >= 11 is 0.